The van der Waals surface area contributed by atoms with Gasteiger partial charge in [0.1, 0.15) is 11.4 Å². The number of rotatable bonds is 6. The molecule has 0 aliphatic heterocycles. The molecule has 23 heteroatoms. The second kappa shape index (κ2) is 14.6. The molecule has 63 heavy (non-hydrogen) atoms. The van der Waals surface area contributed by atoms with Crippen LogP contribution in [0.5, 0.6) is 0 Å². The summed E-state index contributed by atoms with van der Waals surface area (Å²) in [5.41, 5.74) is -4.10. The van der Waals surface area contributed by atoms with Crippen LogP contribution in [0.3, 0.4) is 0 Å². The summed E-state index contributed by atoms with van der Waals surface area (Å²) in [6, 6.07) is 10.9. The fourth-order valence-electron chi connectivity index (χ4n) is 6.73. The molecule has 0 saturated heterocycles. The molecule has 0 spiro atoms. The van der Waals surface area contributed by atoms with Crippen LogP contribution in [-0.4, -0.2) is 47.6 Å². The third-order valence-electron chi connectivity index (χ3n) is 9.82. The minimum Gasteiger partial charge on any atom is -0.239 e. The van der Waals surface area contributed by atoms with E-state index in [1.807, 2.05) is 0 Å². The first-order chi connectivity index (χ1) is 29.3. The summed E-state index contributed by atoms with van der Waals surface area (Å²) < 4.78 is 192. The van der Waals surface area contributed by atoms with Gasteiger partial charge in [-0.15, -0.1) is 0 Å². The molecule has 0 radical (unpaired) electrons. The molecule has 0 amide bonds. The third-order valence-corrected chi connectivity index (χ3v) is 11.2. The number of sulfone groups is 1. The average molecular weight is 907 g/mol. The lowest BCUT2D eigenvalue weighted by Gasteiger charge is -2.11. The largest absolute Gasteiger partial charge is 0.417 e. The van der Waals surface area contributed by atoms with Crippen molar-refractivity contribution in [1.82, 2.24) is 39.2 Å². The second-order valence-corrected chi connectivity index (χ2v) is 15.6. The lowest BCUT2D eigenvalue weighted by molar-refractivity contribution is -0.138. The molecule has 6 heterocycles. The zero-order valence-electron chi connectivity index (χ0n) is 31.6. The van der Waals surface area contributed by atoms with E-state index < -0.39 is 67.1 Å². The molecular weight excluding hydrogens is 885 g/mol. The van der Waals surface area contributed by atoms with Crippen molar-refractivity contribution in [3.63, 3.8) is 0 Å². The van der Waals surface area contributed by atoms with Crippen LogP contribution in [0.1, 0.15) is 33.6 Å². The van der Waals surface area contributed by atoms with E-state index in [0.29, 0.717) is 12.4 Å². The number of aryl methyl sites for hydroxylation is 2. The van der Waals surface area contributed by atoms with E-state index in [2.05, 4.69) is 30.1 Å². The Balaban J connectivity index is 1.21. The summed E-state index contributed by atoms with van der Waals surface area (Å²) in [4.78, 5) is 16.3. The first-order valence-corrected chi connectivity index (χ1v) is 19.3. The number of hydrogen-bond donors (Lipinski definition) is 0. The number of benzene rings is 2. The van der Waals surface area contributed by atoms with E-state index in [9.17, 15) is 61.1 Å². The molecular formula is C40H22F12N8O2S. The van der Waals surface area contributed by atoms with Gasteiger partial charge in [-0.3, -0.25) is 0 Å². The monoisotopic (exact) mass is 906 g/mol. The summed E-state index contributed by atoms with van der Waals surface area (Å²) in [6.07, 6.45) is -15.6. The van der Waals surface area contributed by atoms with Crippen molar-refractivity contribution in [1.29, 1.82) is 0 Å². The number of halogens is 12. The van der Waals surface area contributed by atoms with Crippen LogP contribution in [0.25, 0.3) is 55.8 Å². The van der Waals surface area contributed by atoms with Gasteiger partial charge in [-0.25, -0.2) is 37.4 Å². The minimum absolute atomic E-state index is 0.0349. The maximum absolute atomic E-state index is 13.9. The molecule has 0 aliphatic rings. The molecule has 8 rings (SSSR count). The van der Waals surface area contributed by atoms with Crippen molar-refractivity contribution >= 4 is 20.9 Å². The molecule has 0 atom stereocenters. The molecule has 6 aromatic heterocycles. The van der Waals surface area contributed by atoms with E-state index in [1.165, 1.54) is 13.8 Å². The highest BCUT2D eigenvalue weighted by molar-refractivity contribution is 7.91. The molecule has 2 aromatic carbocycles. The van der Waals surface area contributed by atoms with Crippen LogP contribution < -0.4 is 0 Å². The molecule has 324 valence electrons. The SMILES string of the molecule is Cc1nc(S(=O)(=O)c2ncc(-c3c(-c4ccc(C(F)(F)F)cc4)nn4cc(C(F)(F)F)ccc34)c(C)n2)ncc1-c1c(-c2ccc(C(F)(F)F)cc2)nn2cc(C(F)(F)F)ccc12. The fourth-order valence-corrected chi connectivity index (χ4v) is 7.79. The first-order valence-electron chi connectivity index (χ1n) is 17.8. The van der Waals surface area contributed by atoms with Crippen LogP contribution in [-0.2, 0) is 34.5 Å². The van der Waals surface area contributed by atoms with E-state index in [1.54, 1.807) is 0 Å². The molecule has 0 unspecified atom stereocenters. The Bertz CT molecular complexity index is 3000. The van der Waals surface area contributed by atoms with Crippen molar-refractivity contribution in [2.45, 2.75) is 48.9 Å². The molecule has 0 aliphatic carbocycles. The normalized spacial score (nSPS) is 13.0. The maximum Gasteiger partial charge on any atom is 0.417 e. The third kappa shape index (κ3) is 7.80. The number of hydrogen-bond acceptors (Lipinski definition) is 8. The topological polar surface area (TPSA) is 120 Å². The van der Waals surface area contributed by atoms with Crippen molar-refractivity contribution in [3.8, 4) is 44.8 Å². The highest BCUT2D eigenvalue weighted by Crippen LogP contribution is 2.42. The molecule has 0 saturated carbocycles. The zero-order valence-corrected chi connectivity index (χ0v) is 32.4. The van der Waals surface area contributed by atoms with Crippen molar-refractivity contribution in [2.24, 2.45) is 0 Å². The van der Waals surface area contributed by atoms with Gasteiger partial charge in [-0.05, 0) is 62.4 Å². The van der Waals surface area contributed by atoms with Gasteiger partial charge in [0.2, 0.25) is 0 Å². The Morgan fingerprint density at radius 3 is 1.08 bits per heavy atom. The van der Waals surface area contributed by atoms with Crippen molar-refractivity contribution in [3.05, 3.63) is 131 Å². The molecule has 10 nitrogen and oxygen atoms in total. The highest BCUT2D eigenvalue weighted by atomic mass is 32.2. The van der Waals surface area contributed by atoms with Gasteiger partial charge in [0, 0.05) is 58.2 Å². The van der Waals surface area contributed by atoms with Crippen LogP contribution in [0.4, 0.5) is 52.7 Å². The average Bonchev–Trinajstić information content (AvgIpc) is 3.78. The van der Waals surface area contributed by atoms with Gasteiger partial charge >= 0.3 is 24.7 Å². The lowest BCUT2D eigenvalue weighted by atomic mass is 9.99. The Morgan fingerprint density at radius 2 is 0.778 bits per heavy atom. The van der Waals surface area contributed by atoms with Gasteiger partial charge < -0.3 is 0 Å². The number of pyridine rings is 2. The summed E-state index contributed by atoms with van der Waals surface area (Å²) in [7, 11) is -4.80. The Kier molecular flexibility index (Phi) is 9.91. The second-order valence-electron chi connectivity index (χ2n) is 13.9. The van der Waals surface area contributed by atoms with Crippen LogP contribution in [0.2, 0.25) is 0 Å². The smallest absolute Gasteiger partial charge is 0.239 e. The number of alkyl halides is 12. The fraction of sp³-hybridized carbons (Fsp3) is 0.150. The van der Waals surface area contributed by atoms with Gasteiger partial charge in [0.05, 0.1) is 44.7 Å². The van der Waals surface area contributed by atoms with Gasteiger partial charge in [-0.2, -0.15) is 62.9 Å². The van der Waals surface area contributed by atoms with E-state index in [-0.39, 0.29) is 67.2 Å². The summed E-state index contributed by atoms with van der Waals surface area (Å²) in [5.74, 6) is 0. The van der Waals surface area contributed by atoms with Gasteiger partial charge in [-0.1, -0.05) is 24.3 Å². The number of nitrogens with zero attached hydrogens (tertiary/aromatic N) is 8. The summed E-state index contributed by atoms with van der Waals surface area (Å²) in [5, 5.41) is 6.79. The number of fused-ring (bicyclic) bond motifs is 2. The number of aromatic nitrogens is 8. The highest BCUT2D eigenvalue weighted by Gasteiger charge is 2.35. The van der Waals surface area contributed by atoms with Crippen molar-refractivity contribution in [2.75, 3.05) is 0 Å². The van der Waals surface area contributed by atoms with Gasteiger partial charge in [0.25, 0.3) is 20.2 Å². The predicted octanol–water partition coefficient (Wildman–Crippen LogP) is 10.8. The molecule has 0 N–H and O–H groups in total. The predicted molar refractivity (Wildman–Crippen MR) is 198 cm³/mol. The summed E-state index contributed by atoms with van der Waals surface area (Å²) in [6.45, 7) is 2.68. The Labute approximate surface area is 345 Å². The van der Waals surface area contributed by atoms with Gasteiger partial charge in [0.15, 0.2) is 0 Å². The van der Waals surface area contributed by atoms with E-state index in [4.69, 9.17) is 0 Å². The zero-order chi connectivity index (χ0) is 45.6. The molecule has 8 aromatic rings. The quantitative estimate of drug-likeness (QED) is 0.119. The summed E-state index contributed by atoms with van der Waals surface area (Å²) >= 11 is 0. The van der Waals surface area contributed by atoms with Crippen LogP contribution >= 0.6 is 0 Å². The van der Waals surface area contributed by atoms with Crippen LogP contribution in [0, 0.1) is 13.8 Å². The maximum atomic E-state index is 13.9. The Morgan fingerprint density at radius 1 is 0.460 bits per heavy atom. The van der Waals surface area contributed by atoms with E-state index >= 15 is 0 Å². The van der Waals surface area contributed by atoms with Crippen LogP contribution in [0.15, 0.2) is 108 Å². The standard InChI is InChI=1S/C40H22F12N8O2S/c1-19-27(31-29-13-11-25(39(47,48)49)17-59(29)57-33(31)21-3-7-23(8-4-21)37(41,42)43)15-53-35(55-19)63(61,62)36-54-16-28(20(2)56-36)32-30-14-12-26(40(50,51)52)18-60(30)58-34(32)22-5-9-24(10-6-22)38(44,45)46/h3-18H,1-2H3. The first kappa shape index (κ1) is 42.8. The molecule has 0 bridgehead atoms. The van der Waals surface area contributed by atoms with E-state index in [0.717, 1.165) is 94.2 Å². The minimum atomic E-state index is -4.80. The lowest BCUT2D eigenvalue weighted by Crippen LogP contribution is -2.13. The Hall–Kier alpha value is -6.91. The molecule has 0 fully saturated rings. The van der Waals surface area contributed by atoms with Crippen molar-refractivity contribution < 1.29 is 61.1 Å².